The van der Waals surface area contributed by atoms with Crippen LogP contribution in [0.4, 0.5) is 0 Å². The molecule has 2 aliphatic rings. The molecule has 2 N–H and O–H groups in total. The van der Waals surface area contributed by atoms with Crippen molar-refractivity contribution in [3.05, 3.63) is 35.9 Å². The molecule has 1 aromatic carbocycles. The first-order valence-electron chi connectivity index (χ1n) is 11.7. The number of carbonyl (C=O) groups is 1. The first-order chi connectivity index (χ1) is 14.9. The number of rotatable bonds is 7. The molecule has 1 amide bonds. The fraction of sp³-hybridized carbons (Fsp3) is 0.680. The first kappa shape index (κ1) is 23.6. The van der Waals surface area contributed by atoms with Gasteiger partial charge in [0, 0.05) is 58.1 Å². The van der Waals surface area contributed by atoms with Crippen molar-refractivity contribution in [3.63, 3.8) is 0 Å². The molecule has 172 valence electrons. The van der Waals surface area contributed by atoms with Gasteiger partial charge in [-0.05, 0) is 30.2 Å². The Hall–Kier alpha value is -2.08. The van der Waals surface area contributed by atoms with Crippen LogP contribution in [-0.4, -0.2) is 62.7 Å². The van der Waals surface area contributed by atoms with Crippen LogP contribution in [0.15, 0.2) is 35.3 Å². The minimum Gasteiger partial charge on any atom is -0.377 e. The second kappa shape index (κ2) is 11.0. The van der Waals surface area contributed by atoms with E-state index in [2.05, 4.69) is 60.7 Å². The minimum atomic E-state index is 0.136. The molecule has 0 bridgehead atoms. The quantitative estimate of drug-likeness (QED) is 0.517. The van der Waals surface area contributed by atoms with Crippen molar-refractivity contribution in [2.45, 2.75) is 52.6 Å². The lowest BCUT2D eigenvalue weighted by atomic mass is 9.78. The highest BCUT2D eigenvalue weighted by Gasteiger charge is 2.35. The average Bonchev–Trinajstić information content (AvgIpc) is 3.12. The van der Waals surface area contributed by atoms with Gasteiger partial charge in [-0.1, -0.05) is 51.1 Å². The lowest BCUT2D eigenvalue weighted by molar-refractivity contribution is -0.127. The number of hydrogen-bond acceptors (Lipinski definition) is 3. The maximum absolute atomic E-state index is 12.4. The monoisotopic (exact) mass is 428 g/mol. The maximum atomic E-state index is 12.4. The number of amides is 1. The van der Waals surface area contributed by atoms with E-state index in [4.69, 9.17) is 4.74 Å². The number of benzene rings is 1. The van der Waals surface area contributed by atoms with Gasteiger partial charge in [0.15, 0.2) is 5.96 Å². The molecule has 31 heavy (non-hydrogen) atoms. The molecule has 1 aromatic rings. The molecule has 0 spiro atoms. The molecule has 3 atom stereocenters. The van der Waals surface area contributed by atoms with Crippen molar-refractivity contribution in [3.8, 4) is 0 Å². The Morgan fingerprint density at radius 3 is 2.65 bits per heavy atom. The number of carbonyl (C=O) groups excluding carboxylic acids is 1. The zero-order chi connectivity index (χ0) is 22.3. The number of aliphatic imine (C=N–C) groups is 1. The third-order valence-corrected chi connectivity index (χ3v) is 6.42. The summed E-state index contributed by atoms with van der Waals surface area (Å²) in [7, 11) is 1.81. The highest BCUT2D eigenvalue weighted by Crippen LogP contribution is 2.33. The highest BCUT2D eigenvalue weighted by molar-refractivity contribution is 5.80. The van der Waals surface area contributed by atoms with E-state index in [1.165, 1.54) is 12.0 Å². The summed E-state index contributed by atoms with van der Waals surface area (Å²) in [6, 6.07) is 10.4. The first-order valence-corrected chi connectivity index (χ1v) is 11.7. The number of guanidine groups is 1. The second-order valence-corrected chi connectivity index (χ2v) is 10.0. The molecule has 2 fully saturated rings. The summed E-state index contributed by atoms with van der Waals surface area (Å²) >= 11 is 0. The second-order valence-electron chi connectivity index (χ2n) is 10.0. The van der Waals surface area contributed by atoms with Crippen molar-refractivity contribution < 1.29 is 9.53 Å². The van der Waals surface area contributed by atoms with Gasteiger partial charge in [0.05, 0.1) is 6.10 Å². The highest BCUT2D eigenvalue weighted by atomic mass is 16.5. The summed E-state index contributed by atoms with van der Waals surface area (Å²) in [6.07, 6.45) is 4.08. The summed E-state index contributed by atoms with van der Waals surface area (Å²) in [6.45, 7) is 10.9. The fourth-order valence-corrected chi connectivity index (χ4v) is 4.81. The molecule has 0 aromatic heterocycles. The summed E-state index contributed by atoms with van der Waals surface area (Å²) in [4.78, 5) is 18.8. The van der Waals surface area contributed by atoms with Gasteiger partial charge in [-0.15, -0.1) is 0 Å². The topological polar surface area (TPSA) is 66.0 Å². The predicted molar refractivity (Wildman–Crippen MR) is 126 cm³/mol. The Kier molecular flexibility index (Phi) is 8.35. The van der Waals surface area contributed by atoms with E-state index in [1.807, 2.05) is 11.0 Å². The van der Waals surface area contributed by atoms with Crippen LogP contribution in [0.5, 0.6) is 0 Å². The maximum Gasteiger partial charge on any atom is 0.223 e. The van der Waals surface area contributed by atoms with Gasteiger partial charge in [-0.3, -0.25) is 9.79 Å². The fourth-order valence-electron chi connectivity index (χ4n) is 4.81. The van der Waals surface area contributed by atoms with E-state index in [0.717, 1.165) is 51.6 Å². The van der Waals surface area contributed by atoms with Crippen LogP contribution in [0.25, 0.3) is 0 Å². The van der Waals surface area contributed by atoms with Gasteiger partial charge < -0.3 is 20.3 Å². The molecule has 2 saturated heterocycles. The molecule has 6 nitrogen and oxygen atoms in total. The zero-order valence-corrected chi connectivity index (χ0v) is 19.7. The predicted octanol–water partition coefficient (Wildman–Crippen LogP) is 3.08. The molecular formula is C25H40N4O2. The SMILES string of the molecule is CN=C(NCC1CC(=O)N(CCc2ccccc2)C1)NCC1CCCOC1C(C)(C)C. The van der Waals surface area contributed by atoms with Crippen LogP contribution in [0.2, 0.25) is 0 Å². The summed E-state index contributed by atoms with van der Waals surface area (Å²) in [5.41, 5.74) is 1.42. The standard InChI is InChI=1S/C25H40N4O2/c1-25(2,3)23-21(11-8-14-31-23)17-28-24(26-4)27-16-20-15-22(30)29(18-20)13-12-19-9-6-5-7-10-19/h5-7,9-10,20-21,23H,8,11-18H2,1-4H3,(H2,26,27,28). The van der Waals surface area contributed by atoms with Crippen molar-refractivity contribution in [2.24, 2.45) is 22.2 Å². The van der Waals surface area contributed by atoms with Gasteiger partial charge in [-0.25, -0.2) is 0 Å². The van der Waals surface area contributed by atoms with E-state index in [0.29, 0.717) is 18.3 Å². The molecule has 0 aliphatic carbocycles. The number of likely N-dealkylation sites (tertiary alicyclic amines) is 1. The van der Waals surface area contributed by atoms with E-state index in [-0.39, 0.29) is 17.4 Å². The molecular weight excluding hydrogens is 388 g/mol. The lowest BCUT2D eigenvalue weighted by Crippen LogP contribution is -2.48. The Morgan fingerprint density at radius 2 is 1.94 bits per heavy atom. The van der Waals surface area contributed by atoms with Gasteiger partial charge in [0.1, 0.15) is 0 Å². The molecule has 0 radical (unpaired) electrons. The van der Waals surface area contributed by atoms with Crippen molar-refractivity contribution in [1.29, 1.82) is 0 Å². The van der Waals surface area contributed by atoms with Crippen LogP contribution in [0.1, 0.15) is 45.6 Å². The van der Waals surface area contributed by atoms with Crippen molar-refractivity contribution in [2.75, 3.05) is 39.8 Å². The van der Waals surface area contributed by atoms with E-state index >= 15 is 0 Å². The largest absolute Gasteiger partial charge is 0.377 e. The summed E-state index contributed by atoms with van der Waals surface area (Å²) in [5, 5.41) is 6.93. The molecule has 0 saturated carbocycles. The molecule has 2 heterocycles. The Labute approximate surface area is 187 Å². The number of ether oxygens (including phenoxy) is 1. The van der Waals surface area contributed by atoms with Crippen LogP contribution >= 0.6 is 0 Å². The number of nitrogens with zero attached hydrogens (tertiary/aromatic N) is 2. The van der Waals surface area contributed by atoms with Crippen molar-refractivity contribution in [1.82, 2.24) is 15.5 Å². The molecule has 3 rings (SSSR count). The van der Waals surface area contributed by atoms with Gasteiger partial charge in [-0.2, -0.15) is 0 Å². The van der Waals surface area contributed by atoms with E-state index < -0.39 is 0 Å². The van der Waals surface area contributed by atoms with E-state index in [1.54, 1.807) is 7.05 Å². The molecule has 6 heteroatoms. The van der Waals surface area contributed by atoms with Crippen molar-refractivity contribution >= 4 is 11.9 Å². The minimum absolute atomic E-state index is 0.136. The third-order valence-electron chi connectivity index (χ3n) is 6.42. The Bertz CT molecular complexity index is 729. The molecule has 3 unspecified atom stereocenters. The Balaban J connectivity index is 1.41. The normalized spacial score (nSPS) is 25.0. The van der Waals surface area contributed by atoms with Gasteiger partial charge in [0.2, 0.25) is 5.91 Å². The lowest BCUT2D eigenvalue weighted by Gasteiger charge is -2.40. The third kappa shape index (κ3) is 6.96. The van der Waals surface area contributed by atoms with Gasteiger partial charge in [0.25, 0.3) is 0 Å². The summed E-state index contributed by atoms with van der Waals surface area (Å²) in [5.74, 6) is 1.88. The smallest absolute Gasteiger partial charge is 0.223 e. The average molecular weight is 429 g/mol. The molecule has 2 aliphatic heterocycles. The van der Waals surface area contributed by atoms with Crippen LogP contribution < -0.4 is 10.6 Å². The van der Waals surface area contributed by atoms with Gasteiger partial charge >= 0.3 is 0 Å². The summed E-state index contributed by atoms with van der Waals surface area (Å²) < 4.78 is 6.10. The van der Waals surface area contributed by atoms with E-state index in [9.17, 15) is 4.79 Å². The number of nitrogens with one attached hydrogen (secondary N) is 2. The van der Waals surface area contributed by atoms with Crippen LogP contribution in [-0.2, 0) is 16.0 Å². The Morgan fingerprint density at radius 1 is 1.19 bits per heavy atom. The zero-order valence-electron chi connectivity index (χ0n) is 19.7. The number of hydrogen-bond donors (Lipinski definition) is 2. The van der Waals surface area contributed by atoms with Crippen LogP contribution in [0, 0.1) is 17.3 Å². The van der Waals surface area contributed by atoms with Crippen LogP contribution in [0.3, 0.4) is 0 Å².